The van der Waals surface area contributed by atoms with Gasteiger partial charge in [-0.1, -0.05) is 30.3 Å². The molecule has 1 fully saturated rings. The first kappa shape index (κ1) is 22.7. The van der Waals surface area contributed by atoms with Gasteiger partial charge in [-0.2, -0.15) is 5.10 Å². The third-order valence-corrected chi connectivity index (χ3v) is 6.28. The van der Waals surface area contributed by atoms with Gasteiger partial charge in [0.1, 0.15) is 17.8 Å². The Balaban J connectivity index is 1.38. The van der Waals surface area contributed by atoms with Crippen molar-refractivity contribution in [2.45, 2.75) is 37.6 Å². The van der Waals surface area contributed by atoms with Crippen molar-refractivity contribution in [1.82, 2.24) is 20.2 Å². The average Bonchev–Trinajstić information content (AvgIpc) is 3.59. The van der Waals surface area contributed by atoms with Crippen molar-refractivity contribution in [1.29, 1.82) is 0 Å². The van der Waals surface area contributed by atoms with Crippen LogP contribution in [0.15, 0.2) is 54.9 Å². The van der Waals surface area contributed by atoms with E-state index in [2.05, 4.69) is 25.5 Å². The molecule has 1 saturated carbocycles. The van der Waals surface area contributed by atoms with Gasteiger partial charge in [0.15, 0.2) is 5.78 Å². The topological polar surface area (TPSA) is 147 Å². The smallest absolute Gasteiger partial charge is 0.250 e. The summed E-state index contributed by atoms with van der Waals surface area (Å²) in [6.45, 7) is -0.0480. The minimum Gasteiger partial charge on any atom is -0.396 e. The minimum atomic E-state index is -0.564. The molecular formula is C26H26N6O3. The van der Waals surface area contributed by atoms with Crippen molar-refractivity contribution < 1.29 is 14.7 Å². The van der Waals surface area contributed by atoms with Gasteiger partial charge in [0.25, 0.3) is 5.91 Å². The summed E-state index contributed by atoms with van der Waals surface area (Å²) in [5.74, 6) is 0.431. The van der Waals surface area contributed by atoms with Gasteiger partial charge in [-0.05, 0) is 48.6 Å². The molecule has 5 N–H and O–H groups in total. The maximum atomic E-state index is 12.8. The van der Waals surface area contributed by atoms with E-state index in [1.54, 1.807) is 12.1 Å². The highest BCUT2D eigenvalue weighted by Crippen LogP contribution is 2.39. The molecular weight excluding hydrogens is 444 g/mol. The SMILES string of the molecule is NC(=O)c1cccc2c(NC(CCO)c3cccc(CC(=O)c4cc(C5CC5)[nH]n4)c3)ncnc12. The molecule has 2 aromatic carbocycles. The number of nitrogens with zero attached hydrogens (tertiary/aromatic N) is 3. The number of carbonyl (C=O) groups is 2. The summed E-state index contributed by atoms with van der Waals surface area (Å²) >= 11 is 0. The van der Waals surface area contributed by atoms with Crippen LogP contribution in [0.3, 0.4) is 0 Å². The number of anilines is 1. The lowest BCUT2D eigenvalue weighted by atomic mass is 9.98. The Morgan fingerprint density at radius 1 is 1.14 bits per heavy atom. The van der Waals surface area contributed by atoms with E-state index in [4.69, 9.17) is 5.73 Å². The first-order valence-electron chi connectivity index (χ1n) is 11.6. The van der Waals surface area contributed by atoms with Crippen LogP contribution in [0, 0.1) is 0 Å². The zero-order valence-corrected chi connectivity index (χ0v) is 19.1. The molecule has 1 atom stereocenters. The van der Waals surface area contributed by atoms with Crippen LogP contribution < -0.4 is 11.1 Å². The highest BCUT2D eigenvalue weighted by molar-refractivity contribution is 6.06. The Morgan fingerprint density at radius 2 is 1.97 bits per heavy atom. The third kappa shape index (κ3) is 4.90. The minimum absolute atomic E-state index is 0.0438. The molecule has 178 valence electrons. The molecule has 1 unspecified atom stereocenters. The molecule has 0 bridgehead atoms. The number of para-hydroxylation sites is 1. The number of H-pyrrole nitrogens is 1. The van der Waals surface area contributed by atoms with Crippen LogP contribution in [-0.4, -0.2) is 43.6 Å². The summed E-state index contributed by atoms with van der Waals surface area (Å²) in [7, 11) is 0. The van der Waals surface area contributed by atoms with Crippen molar-refractivity contribution in [3.63, 3.8) is 0 Å². The van der Waals surface area contributed by atoms with Gasteiger partial charge >= 0.3 is 0 Å². The molecule has 35 heavy (non-hydrogen) atoms. The molecule has 9 heteroatoms. The van der Waals surface area contributed by atoms with Crippen LogP contribution in [0.2, 0.25) is 0 Å². The van der Waals surface area contributed by atoms with E-state index in [1.165, 1.54) is 6.33 Å². The van der Waals surface area contributed by atoms with Crippen LogP contribution in [0.5, 0.6) is 0 Å². The molecule has 0 aliphatic heterocycles. The Morgan fingerprint density at radius 3 is 2.74 bits per heavy atom. The number of aromatic amines is 1. The number of hydrogen-bond acceptors (Lipinski definition) is 7. The Hall–Kier alpha value is -4.11. The molecule has 5 rings (SSSR count). The van der Waals surface area contributed by atoms with Gasteiger partial charge < -0.3 is 16.2 Å². The number of benzene rings is 2. The summed E-state index contributed by atoms with van der Waals surface area (Å²) < 4.78 is 0. The van der Waals surface area contributed by atoms with Gasteiger partial charge in [-0.15, -0.1) is 0 Å². The predicted molar refractivity (Wildman–Crippen MR) is 131 cm³/mol. The third-order valence-electron chi connectivity index (χ3n) is 6.28. The van der Waals surface area contributed by atoms with E-state index in [0.29, 0.717) is 40.3 Å². The highest BCUT2D eigenvalue weighted by Gasteiger charge is 2.26. The van der Waals surface area contributed by atoms with E-state index in [-0.39, 0.29) is 24.9 Å². The molecule has 0 saturated heterocycles. The lowest BCUT2D eigenvalue weighted by Crippen LogP contribution is -2.16. The number of primary amides is 1. The highest BCUT2D eigenvalue weighted by atomic mass is 16.3. The van der Waals surface area contributed by atoms with E-state index in [0.717, 1.165) is 29.7 Å². The average molecular weight is 471 g/mol. The molecule has 1 aliphatic rings. The fourth-order valence-electron chi connectivity index (χ4n) is 4.30. The number of aromatic nitrogens is 4. The molecule has 2 aromatic heterocycles. The fraction of sp³-hybridized carbons (Fsp3) is 0.269. The second-order valence-corrected chi connectivity index (χ2v) is 8.83. The standard InChI is InChI=1S/C26H26N6O3/c27-25(35)18-5-2-6-19-24(18)28-14-29-26(19)30-20(9-10-33)17-4-1-3-15(11-17)12-23(34)22-13-21(31-32-22)16-7-8-16/h1-6,11,13-14,16,20,33H,7-10,12H2,(H2,27,35)(H,31,32)(H,28,29,30). The number of rotatable bonds is 10. The van der Waals surface area contributed by atoms with Crippen LogP contribution in [0.25, 0.3) is 10.9 Å². The number of ketones is 1. The Labute approximate surface area is 201 Å². The summed E-state index contributed by atoms with van der Waals surface area (Å²) in [4.78, 5) is 33.2. The maximum absolute atomic E-state index is 12.8. The number of amides is 1. The van der Waals surface area contributed by atoms with E-state index in [1.807, 2.05) is 36.4 Å². The van der Waals surface area contributed by atoms with Gasteiger partial charge in [0.2, 0.25) is 0 Å². The van der Waals surface area contributed by atoms with Crippen molar-refractivity contribution in [2.75, 3.05) is 11.9 Å². The normalized spacial score (nSPS) is 14.1. The summed E-state index contributed by atoms with van der Waals surface area (Å²) in [5, 5.41) is 20.9. The molecule has 9 nitrogen and oxygen atoms in total. The monoisotopic (exact) mass is 470 g/mol. The number of nitrogens with two attached hydrogens (primary N) is 1. The summed E-state index contributed by atoms with van der Waals surface area (Å²) in [6.07, 6.45) is 4.31. The number of carbonyl (C=O) groups excluding carboxylic acids is 2. The summed E-state index contributed by atoms with van der Waals surface area (Å²) in [6, 6.07) is 14.5. The molecule has 1 aliphatic carbocycles. The lowest BCUT2D eigenvalue weighted by molar-refractivity contribution is 0.0984. The van der Waals surface area contributed by atoms with E-state index < -0.39 is 5.91 Å². The van der Waals surface area contributed by atoms with Crippen LogP contribution >= 0.6 is 0 Å². The number of aliphatic hydroxyl groups excluding tert-OH is 1. The maximum Gasteiger partial charge on any atom is 0.250 e. The van der Waals surface area contributed by atoms with Crippen molar-refractivity contribution >= 4 is 28.4 Å². The second kappa shape index (κ2) is 9.63. The number of hydrogen-bond donors (Lipinski definition) is 4. The molecule has 0 radical (unpaired) electrons. The second-order valence-electron chi connectivity index (χ2n) is 8.83. The number of nitrogens with one attached hydrogen (secondary N) is 2. The van der Waals surface area contributed by atoms with Crippen molar-refractivity contribution in [3.8, 4) is 0 Å². The van der Waals surface area contributed by atoms with Crippen molar-refractivity contribution in [3.05, 3.63) is 82.9 Å². The van der Waals surface area contributed by atoms with Crippen LogP contribution in [-0.2, 0) is 6.42 Å². The molecule has 1 amide bonds. The molecule has 0 spiro atoms. The first-order chi connectivity index (χ1) is 17.0. The quantitative estimate of drug-likeness (QED) is 0.260. The number of Topliss-reactive ketones (excluding diaryl/α,β-unsaturated/α-hetero) is 1. The van der Waals surface area contributed by atoms with E-state index in [9.17, 15) is 14.7 Å². The Kier molecular flexibility index (Phi) is 6.24. The molecule has 2 heterocycles. The first-order valence-corrected chi connectivity index (χ1v) is 11.6. The number of aliphatic hydroxyl groups is 1. The predicted octanol–water partition coefficient (Wildman–Crippen LogP) is 3.29. The Bertz CT molecular complexity index is 1390. The molecule has 4 aromatic rings. The number of fused-ring (bicyclic) bond motifs is 1. The summed E-state index contributed by atoms with van der Waals surface area (Å²) in [5.41, 5.74) is 9.53. The van der Waals surface area contributed by atoms with Gasteiger partial charge in [-0.25, -0.2) is 9.97 Å². The largest absolute Gasteiger partial charge is 0.396 e. The van der Waals surface area contributed by atoms with Gasteiger partial charge in [0, 0.05) is 30.0 Å². The lowest BCUT2D eigenvalue weighted by Gasteiger charge is -2.20. The van der Waals surface area contributed by atoms with Crippen LogP contribution in [0.4, 0.5) is 5.82 Å². The fourth-order valence-corrected chi connectivity index (χ4v) is 4.30. The van der Waals surface area contributed by atoms with E-state index >= 15 is 0 Å². The zero-order chi connectivity index (χ0) is 24.4. The van der Waals surface area contributed by atoms with Crippen molar-refractivity contribution in [2.24, 2.45) is 5.73 Å². The van der Waals surface area contributed by atoms with Crippen LogP contribution in [0.1, 0.15) is 68.9 Å². The van der Waals surface area contributed by atoms with Gasteiger partial charge in [0.05, 0.1) is 17.1 Å². The zero-order valence-electron chi connectivity index (χ0n) is 19.1. The van der Waals surface area contributed by atoms with Gasteiger partial charge in [-0.3, -0.25) is 14.7 Å².